The van der Waals surface area contributed by atoms with E-state index in [1.54, 1.807) is 0 Å². The fourth-order valence-electron chi connectivity index (χ4n) is 2.34. The van der Waals surface area contributed by atoms with Crippen LogP contribution in [0.5, 0.6) is 0 Å². The molecule has 1 fully saturated rings. The second-order valence-electron chi connectivity index (χ2n) is 5.45. The summed E-state index contributed by atoms with van der Waals surface area (Å²) in [5.74, 6) is 1.08. The number of amides is 1. The highest BCUT2D eigenvalue weighted by Crippen LogP contribution is 2.47. The van der Waals surface area contributed by atoms with E-state index >= 15 is 0 Å². The van der Waals surface area contributed by atoms with E-state index in [-0.39, 0.29) is 17.9 Å². The highest BCUT2D eigenvalue weighted by atomic mass is 16.2. The van der Waals surface area contributed by atoms with Gasteiger partial charge in [-0.15, -0.1) is 0 Å². The minimum absolute atomic E-state index is 0.0922. The number of hydrogen-bond donors (Lipinski definition) is 2. The van der Waals surface area contributed by atoms with E-state index in [1.807, 2.05) is 18.2 Å². The molecule has 1 aliphatic rings. The fraction of sp³-hybridized carbons (Fsp3) is 0.533. The SMILES string of the molecule is CC(C)C(CN)NC(=O)C1CC1c1ccccc1. The highest BCUT2D eigenvalue weighted by molar-refractivity contribution is 5.83. The van der Waals surface area contributed by atoms with Gasteiger partial charge in [0, 0.05) is 18.5 Å². The summed E-state index contributed by atoms with van der Waals surface area (Å²) in [4.78, 5) is 12.1. The lowest BCUT2D eigenvalue weighted by molar-refractivity contribution is -0.123. The van der Waals surface area contributed by atoms with Gasteiger partial charge in [-0.3, -0.25) is 4.79 Å². The maximum absolute atomic E-state index is 12.1. The van der Waals surface area contributed by atoms with Crippen molar-refractivity contribution in [2.24, 2.45) is 17.6 Å². The first-order valence-corrected chi connectivity index (χ1v) is 6.69. The minimum Gasteiger partial charge on any atom is -0.352 e. The largest absolute Gasteiger partial charge is 0.352 e. The Hall–Kier alpha value is -1.35. The molecule has 3 atom stereocenters. The third-order valence-electron chi connectivity index (χ3n) is 3.74. The van der Waals surface area contributed by atoms with Crippen LogP contribution in [0, 0.1) is 11.8 Å². The number of nitrogens with one attached hydrogen (secondary N) is 1. The van der Waals surface area contributed by atoms with E-state index in [2.05, 4.69) is 31.3 Å². The number of nitrogens with two attached hydrogens (primary N) is 1. The maximum atomic E-state index is 12.1. The Labute approximate surface area is 109 Å². The topological polar surface area (TPSA) is 55.1 Å². The van der Waals surface area contributed by atoms with Gasteiger partial charge >= 0.3 is 0 Å². The lowest BCUT2D eigenvalue weighted by Crippen LogP contribution is -2.44. The van der Waals surface area contributed by atoms with Gasteiger partial charge in [-0.05, 0) is 23.8 Å². The molecule has 0 spiro atoms. The number of carbonyl (C=O) groups excluding carboxylic acids is 1. The molecule has 3 nitrogen and oxygen atoms in total. The molecule has 0 bridgehead atoms. The summed E-state index contributed by atoms with van der Waals surface area (Å²) in [6.45, 7) is 4.67. The van der Waals surface area contributed by atoms with Crippen LogP contribution in [0.25, 0.3) is 0 Å². The van der Waals surface area contributed by atoms with Gasteiger partial charge in [-0.2, -0.15) is 0 Å². The molecule has 0 saturated heterocycles. The van der Waals surface area contributed by atoms with Crippen molar-refractivity contribution in [3.63, 3.8) is 0 Å². The summed E-state index contributed by atoms with van der Waals surface area (Å²) < 4.78 is 0. The number of hydrogen-bond acceptors (Lipinski definition) is 2. The molecule has 0 aromatic heterocycles. The van der Waals surface area contributed by atoms with Crippen molar-refractivity contribution in [2.45, 2.75) is 32.2 Å². The molecular formula is C15H22N2O. The summed E-state index contributed by atoms with van der Waals surface area (Å²) in [7, 11) is 0. The predicted molar refractivity (Wildman–Crippen MR) is 73.1 cm³/mol. The van der Waals surface area contributed by atoms with Crippen molar-refractivity contribution < 1.29 is 4.79 Å². The van der Waals surface area contributed by atoms with E-state index in [0.717, 1.165) is 6.42 Å². The smallest absolute Gasteiger partial charge is 0.224 e. The van der Waals surface area contributed by atoms with Gasteiger partial charge < -0.3 is 11.1 Å². The molecule has 3 heteroatoms. The van der Waals surface area contributed by atoms with Crippen LogP contribution in [0.3, 0.4) is 0 Å². The van der Waals surface area contributed by atoms with Gasteiger partial charge in [-0.1, -0.05) is 44.2 Å². The first-order valence-electron chi connectivity index (χ1n) is 6.69. The van der Waals surface area contributed by atoms with Crippen molar-refractivity contribution in [3.05, 3.63) is 35.9 Å². The van der Waals surface area contributed by atoms with Gasteiger partial charge in [0.15, 0.2) is 0 Å². The summed E-state index contributed by atoms with van der Waals surface area (Å²) in [6, 6.07) is 10.3. The quantitative estimate of drug-likeness (QED) is 0.833. The van der Waals surface area contributed by atoms with E-state index in [1.165, 1.54) is 5.56 Å². The molecule has 0 radical (unpaired) electrons. The molecule has 1 saturated carbocycles. The Morgan fingerprint density at radius 3 is 2.61 bits per heavy atom. The fourth-order valence-corrected chi connectivity index (χ4v) is 2.34. The molecule has 0 aliphatic heterocycles. The molecule has 98 valence electrons. The van der Waals surface area contributed by atoms with Gasteiger partial charge in [0.2, 0.25) is 5.91 Å². The molecule has 3 unspecified atom stereocenters. The Kier molecular flexibility index (Phi) is 4.02. The standard InChI is InChI=1S/C15H22N2O/c1-10(2)14(9-16)17-15(18)13-8-12(13)11-6-4-3-5-7-11/h3-7,10,12-14H,8-9,16H2,1-2H3,(H,17,18). The lowest BCUT2D eigenvalue weighted by atomic mass is 10.0. The molecule has 2 rings (SSSR count). The van der Waals surface area contributed by atoms with Crippen LogP contribution >= 0.6 is 0 Å². The maximum Gasteiger partial charge on any atom is 0.224 e. The van der Waals surface area contributed by atoms with Crippen LogP contribution in [0.4, 0.5) is 0 Å². The third kappa shape index (κ3) is 2.91. The van der Waals surface area contributed by atoms with Gasteiger partial charge in [0.25, 0.3) is 0 Å². The van der Waals surface area contributed by atoms with Crippen molar-refractivity contribution in [3.8, 4) is 0 Å². The second kappa shape index (κ2) is 5.53. The Morgan fingerprint density at radius 2 is 2.06 bits per heavy atom. The summed E-state index contributed by atoms with van der Waals surface area (Å²) in [6.07, 6.45) is 0.964. The Bertz CT molecular complexity index is 402. The Balaban J connectivity index is 1.90. The van der Waals surface area contributed by atoms with Crippen molar-refractivity contribution in [1.29, 1.82) is 0 Å². The molecular weight excluding hydrogens is 224 g/mol. The van der Waals surface area contributed by atoms with Gasteiger partial charge in [0.1, 0.15) is 0 Å². The average Bonchev–Trinajstić information content (AvgIpc) is 3.16. The average molecular weight is 246 g/mol. The van der Waals surface area contributed by atoms with E-state index in [0.29, 0.717) is 18.4 Å². The van der Waals surface area contributed by atoms with E-state index < -0.39 is 0 Å². The number of carbonyl (C=O) groups is 1. The van der Waals surface area contributed by atoms with E-state index in [4.69, 9.17) is 5.73 Å². The van der Waals surface area contributed by atoms with Crippen molar-refractivity contribution in [1.82, 2.24) is 5.32 Å². The zero-order valence-electron chi connectivity index (χ0n) is 11.1. The summed E-state index contributed by atoms with van der Waals surface area (Å²) >= 11 is 0. The minimum atomic E-state index is 0.0922. The lowest BCUT2D eigenvalue weighted by Gasteiger charge is -2.20. The predicted octanol–water partition coefficient (Wildman–Crippen LogP) is 1.89. The zero-order chi connectivity index (χ0) is 13.1. The normalized spacial score (nSPS) is 23.8. The van der Waals surface area contributed by atoms with Crippen LogP contribution in [0.2, 0.25) is 0 Å². The van der Waals surface area contributed by atoms with E-state index in [9.17, 15) is 4.79 Å². The first kappa shape index (κ1) is 13.1. The molecule has 1 aromatic rings. The molecule has 18 heavy (non-hydrogen) atoms. The van der Waals surface area contributed by atoms with Crippen LogP contribution in [-0.2, 0) is 4.79 Å². The molecule has 3 N–H and O–H groups in total. The molecule has 1 aliphatic carbocycles. The molecule has 1 aromatic carbocycles. The highest BCUT2D eigenvalue weighted by Gasteiger charge is 2.44. The molecule has 1 amide bonds. The van der Waals surface area contributed by atoms with Gasteiger partial charge in [0.05, 0.1) is 0 Å². The van der Waals surface area contributed by atoms with Gasteiger partial charge in [-0.25, -0.2) is 0 Å². The van der Waals surface area contributed by atoms with Crippen molar-refractivity contribution >= 4 is 5.91 Å². The van der Waals surface area contributed by atoms with Crippen LogP contribution in [0.15, 0.2) is 30.3 Å². The zero-order valence-corrected chi connectivity index (χ0v) is 11.1. The Morgan fingerprint density at radius 1 is 1.39 bits per heavy atom. The number of rotatable bonds is 5. The van der Waals surface area contributed by atoms with Crippen LogP contribution in [0.1, 0.15) is 31.7 Å². The summed E-state index contributed by atoms with van der Waals surface area (Å²) in [5, 5.41) is 3.06. The second-order valence-corrected chi connectivity index (χ2v) is 5.45. The monoisotopic (exact) mass is 246 g/mol. The van der Waals surface area contributed by atoms with Crippen molar-refractivity contribution in [2.75, 3.05) is 6.54 Å². The van der Waals surface area contributed by atoms with Crippen LogP contribution < -0.4 is 11.1 Å². The van der Waals surface area contributed by atoms with Crippen LogP contribution in [-0.4, -0.2) is 18.5 Å². The third-order valence-corrected chi connectivity index (χ3v) is 3.74. The molecule has 0 heterocycles. The summed E-state index contributed by atoms with van der Waals surface area (Å²) in [5.41, 5.74) is 6.94. The first-order chi connectivity index (χ1) is 8.63. The number of benzene rings is 1.